The molecule has 2 aliphatic carbocycles. The fourth-order valence-corrected chi connectivity index (χ4v) is 5.97. The summed E-state index contributed by atoms with van der Waals surface area (Å²) < 4.78 is 0. The fraction of sp³-hybridized carbons (Fsp3) is 0.706. The summed E-state index contributed by atoms with van der Waals surface area (Å²) >= 11 is 7.23. The average Bonchev–Trinajstić information content (AvgIpc) is 2.70. The molecule has 1 fully saturated rings. The molecule has 0 spiro atoms. The number of hydrogen-bond donors (Lipinski definition) is 0. The lowest BCUT2D eigenvalue weighted by Gasteiger charge is -2.37. The number of carbonyl (C=O) groups is 1. The van der Waals surface area contributed by atoms with Crippen molar-refractivity contribution in [2.24, 2.45) is 10.9 Å². The number of thioether (sulfide) groups is 1. The Morgan fingerprint density at radius 2 is 1.77 bits per heavy atom. The van der Waals surface area contributed by atoms with E-state index < -0.39 is 0 Å². The summed E-state index contributed by atoms with van der Waals surface area (Å²) in [5.74, 6) is 0.132. The van der Waals surface area contributed by atoms with Gasteiger partial charge in [-0.15, -0.1) is 0 Å². The van der Waals surface area contributed by atoms with Crippen molar-refractivity contribution in [1.29, 1.82) is 0 Å². The molecule has 118 valence electrons. The highest BCUT2D eigenvalue weighted by Gasteiger charge is 2.45. The van der Waals surface area contributed by atoms with Crippen LogP contribution in [0.15, 0.2) is 15.5 Å². The molecule has 3 nitrogen and oxygen atoms in total. The van der Waals surface area contributed by atoms with Gasteiger partial charge in [0, 0.05) is 6.04 Å². The number of carbonyl (C=O) groups excluding carboxylic acids is 1. The van der Waals surface area contributed by atoms with E-state index in [1.807, 2.05) is 4.90 Å². The SMILES string of the molecule is O=C1C2C(=NC(=S)N1C1CCCCC1)SC1=C2CCCCC1. The first-order valence-corrected chi connectivity index (χ1v) is 9.83. The van der Waals surface area contributed by atoms with Crippen molar-refractivity contribution in [2.75, 3.05) is 0 Å². The Morgan fingerprint density at radius 1 is 1.05 bits per heavy atom. The number of allylic oxidation sites excluding steroid dienone is 1. The number of nitrogens with zero attached hydrogens (tertiary/aromatic N) is 2. The molecular formula is C17H22N2OS2. The van der Waals surface area contributed by atoms with Gasteiger partial charge < -0.3 is 0 Å². The Labute approximate surface area is 141 Å². The highest BCUT2D eigenvalue weighted by molar-refractivity contribution is 8.17. The van der Waals surface area contributed by atoms with Crippen molar-refractivity contribution in [2.45, 2.75) is 70.3 Å². The lowest BCUT2D eigenvalue weighted by Crippen LogP contribution is -2.51. The first-order valence-electron chi connectivity index (χ1n) is 8.61. The van der Waals surface area contributed by atoms with E-state index in [-0.39, 0.29) is 11.8 Å². The maximum Gasteiger partial charge on any atom is 0.242 e. The summed E-state index contributed by atoms with van der Waals surface area (Å²) in [7, 11) is 0. The van der Waals surface area contributed by atoms with E-state index in [0.717, 1.165) is 30.7 Å². The van der Waals surface area contributed by atoms with Crippen LogP contribution in [0.5, 0.6) is 0 Å². The molecule has 0 aromatic rings. The second-order valence-electron chi connectivity index (χ2n) is 6.78. The number of thiocarbonyl (C=S) groups is 1. The molecule has 0 N–H and O–H groups in total. The van der Waals surface area contributed by atoms with Crippen LogP contribution in [0, 0.1) is 5.92 Å². The summed E-state index contributed by atoms with van der Waals surface area (Å²) in [5.41, 5.74) is 1.37. The Morgan fingerprint density at radius 3 is 2.59 bits per heavy atom. The molecule has 2 heterocycles. The zero-order valence-corrected chi connectivity index (χ0v) is 14.5. The number of fused-ring (bicyclic) bond motifs is 2. The van der Waals surface area contributed by atoms with Crippen LogP contribution in [0.1, 0.15) is 64.2 Å². The molecule has 1 atom stereocenters. The summed E-state index contributed by atoms with van der Waals surface area (Å²) in [5, 5.41) is 1.49. The van der Waals surface area contributed by atoms with Gasteiger partial charge in [-0.2, -0.15) is 0 Å². The highest BCUT2D eigenvalue weighted by atomic mass is 32.2. The summed E-state index contributed by atoms with van der Waals surface area (Å²) in [4.78, 5) is 21.2. The van der Waals surface area contributed by atoms with E-state index in [1.54, 1.807) is 11.8 Å². The minimum absolute atomic E-state index is 0.0910. The molecule has 0 aromatic carbocycles. The van der Waals surface area contributed by atoms with Crippen molar-refractivity contribution >= 4 is 40.0 Å². The molecule has 0 aromatic heterocycles. The molecule has 1 amide bonds. The van der Waals surface area contributed by atoms with Crippen LogP contribution in [0.4, 0.5) is 0 Å². The van der Waals surface area contributed by atoms with Crippen LogP contribution in [0.3, 0.4) is 0 Å². The van der Waals surface area contributed by atoms with Gasteiger partial charge in [-0.05, 0) is 61.2 Å². The van der Waals surface area contributed by atoms with Crippen LogP contribution in [0.2, 0.25) is 0 Å². The molecule has 4 aliphatic rings. The molecule has 4 rings (SSSR count). The predicted molar refractivity (Wildman–Crippen MR) is 94.9 cm³/mol. The van der Waals surface area contributed by atoms with Gasteiger partial charge in [-0.1, -0.05) is 37.4 Å². The third-order valence-electron chi connectivity index (χ3n) is 5.37. The van der Waals surface area contributed by atoms with Gasteiger partial charge in [0.2, 0.25) is 11.0 Å². The van der Waals surface area contributed by atoms with E-state index in [2.05, 4.69) is 4.99 Å². The quantitative estimate of drug-likeness (QED) is 0.665. The monoisotopic (exact) mass is 334 g/mol. The highest BCUT2D eigenvalue weighted by Crippen LogP contribution is 2.47. The minimum Gasteiger partial charge on any atom is -0.283 e. The fourth-order valence-electron chi connectivity index (χ4n) is 4.23. The van der Waals surface area contributed by atoms with Gasteiger partial charge in [0.05, 0.1) is 5.04 Å². The molecule has 0 bridgehead atoms. The third-order valence-corrected chi connectivity index (χ3v) is 6.90. The zero-order chi connectivity index (χ0) is 15.1. The molecule has 2 aliphatic heterocycles. The van der Waals surface area contributed by atoms with Crippen molar-refractivity contribution in [3.05, 3.63) is 10.5 Å². The van der Waals surface area contributed by atoms with Crippen LogP contribution < -0.4 is 0 Å². The Hall–Kier alpha value is -0.680. The lowest BCUT2D eigenvalue weighted by atomic mass is 9.90. The molecule has 1 saturated carbocycles. The van der Waals surface area contributed by atoms with Crippen LogP contribution in [-0.2, 0) is 4.79 Å². The summed E-state index contributed by atoms with van der Waals surface area (Å²) in [6, 6.07) is 0.291. The average molecular weight is 335 g/mol. The maximum atomic E-state index is 13.2. The van der Waals surface area contributed by atoms with Gasteiger partial charge in [0.25, 0.3) is 0 Å². The third kappa shape index (κ3) is 2.46. The second kappa shape index (κ2) is 6.08. The molecule has 1 unspecified atom stereocenters. The molecular weight excluding hydrogens is 312 g/mol. The largest absolute Gasteiger partial charge is 0.283 e. The number of rotatable bonds is 1. The summed E-state index contributed by atoms with van der Waals surface area (Å²) in [6.45, 7) is 0. The minimum atomic E-state index is -0.0910. The van der Waals surface area contributed by atoms with Crippen LogP contribution >= 0.6 is 24.0 Å². The van der Waals surface area contributed by atoms with Crippen LogP contribution in [-0.4, -0.2) is 27.0 Å². The number of amides is 1. The van der Waals surface area contributed by atoms with Gasteiger partial charge in [-0.3, -0.25) is 9.69 Å². The topological polar surface area (TPSA) is 32.7 Å². The van der Waals surface area contributed by atoms with Crippen molar-refractivity contribution in [3.8, 4) is 0 Å². The Balaban J connectivity index is 1.65. The zero-order valence-electron chi connectivity index (χ0n) is 12.8. The Kier molecular flexibility index (Phi) is 4.11. The standard InChI is InChI=1S/C17H22N2OS2/c20-16-14-12-9-5-2-6-10-13(12)22-15(14)18-17(21)19(16)11-7-3-1-4-8-11/h11,14H,1-10H2. The van der Waals surface area contributed by atoms with Gasteiger partial charge in [0.15, 0.2) is 0 Å². The van der Waals surface area contributed by atoms with Gasteiger partial charge in [0.1, 0.15) is 5.92 Å². The number of hydrogen-bond acceptors (Lipinski definition) is 3. The summed E-state index contributed by atoms with van der Waals surface area (Å²) in [6.07, 6.45) is 11.8. The molecule has 0 radical (unpaired) electrons. The lowest BCUT2D eigenvalue weighted by molar-refractivity contribution is -0.130. The van der Waals surface area contributed by atoms with Crippen molar-refractivity contribution in [1.82, 2.24) is 4.90 Å². The smallest absolute Gasteiger partial charge is 0.242 e. The molecule has 0 saturated heterocycles. The number of aliphatic imine (C=N–C) groups is 1. The van der Waals surface area contributed by atoms with E-state index in [1.165, 1.54) is 49.0 Å². The van der Waals surface area contributed by atoms with E-state index in [0.29, 0.717) is 11.2 Å². The molecule has 5 heteroatoms. The van der Waals surface area contributed by atoms with Crippen molar-refractivity contribution < 1.29 is 4.79 Å². The van der Waals surface area contributed by atoms with Gasteiger partial charge in [-0.25, -0.2) is 4.99 Å². The maximum absolute atomic E-state index is 13.2. The normalized spacial score (nSPS) is 30.1. The van der Waals surface area contributed by atoms with E-state index >= 15 is 0 Å². The van der Waals surface area contributed by atoms with Crippen molar-refractivity contribution in [3.63, 3.8) is 0 Å². The predicted octanol–water partition coefficient (Wildman–Crippen LogP) is 4.43. The van der Waals surface area contributed by atoms with Gasteiger partial charge >= 0.3 is 0 Å². The van der Waals surface area contributed by atoms with E-state index in [9.17, 15) is 4.79 Å². The Bertz CT molecular complexity index is 575. The van der Waals surface area contributed by atoms with E-state index in [4.69, 9.17) is 12.2 Å². The first kappa shape index (κ1) is 14.9. The first-order chi connectivity index (χ1) is 10.8. The second-order valence-corrected chi connectivity index (χ2v) is 8.26. The van der Waals surface area contributed by atoms with Crippen LogP contribution in [0.25, 0.3) is 0 Å². The molecule has 22 heavy (non-hydrogen) atoms.